The van der Waals surface area contributed by atoms with Crippen molar-refractivity contribution < 1.29 is 4.79 Å². The van der Waals surface area contributed by atoms with Crippen LogP contribution in [0.15, 0.2) is 58.3 Å². The van der Waals surface area contributed by atoms with Crippen molar-refractivity contribution in [2.24, 2.45) is 7.05 Å². The Labute approximate surface area is 149 Å². The maximum absolute atomic E-state index is 12.8. The molecule has 4 rings (SSSR count). The van der Waals surface area contributed by atoms with Gasteiger partial charge in [0, 0.05) is 38.5 Å². The van der Waals surface area contributed by atoms with Crippen LogP contribution in [-0.2, 0) is 20.0 Å². The number of para-hydroxylation sites is 1. The number of nitrogens with one attached hydrogen (secondary N) is 1. The maximum atomic E-state index is 12.8. The number of pyridine rings is 1. The van der Waals surface area contributed by atoms with Gasteiger partial charge in [0.1, 0.15) is 5.69 Å². The number of aromatic nitrogens is 3. The number of carbonyl (C=O) groups is 1. The van der Waals surface area contributed by atoms with Crippen molar-refractivity contribution in [3.8, 4) is 5.69 Å². The quantitative estimate of drug-likeness (QED) is 0.751. The fraction of sp³-hybridized carbons (Fsp3) is 0.211. The summed E-state index contributed by atoms with van der Waals surface area (Å²) in [5.74, 6) is -0.226. The first-order valence-electron chi connectivity index (χ1n) is 8.38. The molecule has 1 aliphatic heterocycles. The summed E-state index contributed by atoms with van der Waals surface area (Å²) in [7, 11) is 1.70. The van der Waals surface area contributed by atoms with E-state index in [4.69, 9.17) is 0 Å². The molecule has 1 aromatic carbocycles. The average Bonchev–Trinajstić information content (AvgIpc) is 3.04. The third-order valence-electron chi connectivity index (χ3n) is 4.67. The Morgan fingerprint density at radius 3 is 2.58 bits per heavy atom. The van der Waals surface area contributed by atoms with E-state index in [2.05, 4.69) is 5.10 Å². The van der Waals surface area contributed by atoms with Crippen molar-refractivity contribution >= 4 is 5.91 Å². The Morgan fingerprint density at radius 1 is 1.04 bits per heavy atom. The van der Waals surface area contributed by atoms with Crippen LogP contribution in [0.5, 0.6) is 0 Å². The van der Waals surface area contributed by atoms with Gasteiger partial charge >= 0.3 is 0 Å². The number of aryl methyl sites for hydroxylation is 1. The van der Waals surface area contributed by atoms with E-state index in [9.17, 15) is 14.4 Å². The van der Waals surface area contributed by atoms with Crippen molar-refractivity contribution in [1.82, 2.24) is 19.2 Å². The molecule has 7 heteroatoms. The Hall–Kier alpha value is -3.35. The molecule has 0 spiro atoms. The van der Waals surface area contributed by atoms with Gasteiger partial charge in [-0.15, -0.1) is 0 Å². The highest BCUT2D eigenvalue weighted by Gasteiger charge is 2.24. The second-order valence-corrected chi connectivity index (χ2v) is 6.43. The minimum atomic E-state index is -0.278. The SMILES string of the molecule is Cn1cc2c(cc1=O)CCN(C(=O)c1cc(=O)n(-c3ccccc3)[nH]1)C2. The van der Waals surface area contributed by atoms with Gasteiger partial charge in [-0.3, -0.25) is 19.5 Å². The molecule has 0 saturated carbocycles. The molecule has 3 heterocycles. The first-order chi connectivity index (χ1) is 12.5. The Kier molecular flexibility index (Phi) is 3.84. The van der Waals surface area contributed by atoms with Gasteiger partial charge in [-0.05, 0) is 29.7 Å². The minimum absolute atomic E-state index is 0.0483. The standard InChI is InChI=1S/C19H18N4O3/c1-21-11-14-12-22(8-7-13(14)9-17(21)24)19(26)16-10-18(25)23(20-16)15-5-3-2-4-6-15/h2-6,9-11,20H,7-8,12H2,1H3. The molecular weight excluding hydrogens is 332 g/mol. The van der Waals surface area contributed by atoms with E-state index >= 15 is 0 Å². The zero-order chi connectivity index (χ0) is 18.3. The van der Waals surface area contributed by atoms with Crippen LogP contribution >= 0.6 is 0 Å². The number of nitrogens with zero attached hydrogens (tertiary/aromatic N) is 3. The van der Waals surface area contributed by atoms with Gasteiger partial charge in [-0.1, -0.05) is 18.2 Å². The molecule has 1 amide bonds. The molecule has 7 nitrogen and oxygen atoms in total. The van der Waals surface area contributed by atoms with Crippen molar-refractivity contribution in [1.29, 1.82) is 0 Å². The fourth-order valence-corrected chi connectivity index (χ4v) is 3.26. The molecular formula is C19H18N4O3. The summed E-state index contributed by atoms with van der Waals surface area (Å²) < 4.78 is 2.87. The lowest BCUT2D eigenvalue weighted by molar-refractivity contribution is 0.0727. The molecule has 0 fully saturated rings. The molecule has 0 radical (unpaired) electrons. The van der Waals surface area contributed by atoms with Crippen LogP contribution in [0, 0.1) is 0 Å². The van der Waals surface area contributed by atoms with Gasteiger partial charge in [0.2, 0.25) is 0 Å². The zero-order valence-corrected chi connectivity index (χ0v) is 14.3. The van der Waals surface area contributed by atoms with Crippen molar-refractivity contribution in [3.05, 3.63) is 86.2 Å². The normalized spacial score (nSPS) is 13.5. The van der Waals surface area contributed by atoms with Crippen LogP contribution in [0.25, 0.3) is 5.69 Å². The van der Waals surface area contributed by atoms with Crippen molar-refractivity contribution in [2.45, 2.75) is 13.0 Å². The van der Waals surface area contributed by atoms with Crippen molar-refractivity contribution in [2.75, 3.05) is 6.54 Å². The number of fused-ring (bicyclic) bond motifs is 1. The second kappa shape index (κ2) is 6.18. The van der Waals surface area contributed by atoms with E-state index in [0.717, 1.165) is 11.1 Å². The van der Waals surface area contributed by atoms with Gasteiger partial charge in [-0.2, -0.15) is 0 Å². The van der Waals surface area contributed by atoms with E-state index in [1.165, 1.54) is 15.3 Å². The molecule has 1 aliphatic rings. The molecule has 3 aromatic rings. The Bertz CT molecular complexity index is 1090. The topological polar surface area (TPSA) is 80.1 Å². The third kappa shape index (κ3) is 2.77. The average molecular weight is 350 g/mol. The number of hydrogen-bond donors (Lipinski definition) is 1. The van der Waals surface area contributed by atoms with Gasteiger partial charge in [0.15, 0.2) is 0 Å². The summed E-state index contributed by atoms with van der Waals surface area (Å²) in [6.07, 6.45) is 2.40. The van der Waals surface area contributed by atoms with E-state index < -0.39 is 0 Å². The predicted octanol–water partition coefficient (Wildman–Crippen LogP) is 1.06. The first kappa shape index (κ1) is 16.1. The number of carbonyl (C=O) groups excluding carboxylic acids is 1. The summed E-state index contributed by atoms with van der Waals surface area (Å²) >= 11 is 0. The lowest BCUT2D eigenvalue weighted by Gasteiger charge is -2.28. The summed E-state index contributed by atoms with van der Waals surface area (Å²) in [4.78, 5) is 38.5. The van der Waals surface area contributed by atoms with Gasteiger partial charge in [-0.25, -0.2) is 4.68 Å². The second-order valence-electron chi connectivity index (χ2n) is 6.43. The third-order valence-corrected chi connectivity index (χ3v) is 4.67. The van der Waals surface area contributed by atoms with E-state index in [1.54, 1.807) is 36.3 Å². The number of amides is 1. The monoisotopic (exact) mass is 350 g/mol. The highest BCUT2D eigenvalue weighted by Crippen LogP contribution is 2.18. The molecule has 1 N–H and O–H groups in total. The number of benzene rings is 1. The van der Waals surface area contributed by atoms with E-state index in [-0.39, 0.29) is 22.7 Å². The lowest BCUT2D eigenvalue weighted by atomic mass is 10.0. The zero-order valence-electron chi connectivity index (χ0n) is 14.3. The van der Waals surface area contributed by atoms with Crippen LogP contribution in [0.4, 0.5) is 0 Å². The van der Waals surface area contributed by atoms with Crippen molar-refractivity contribution in [3.63, 3.8) is 0 Å². The van der Waals surface area contributed by atoms with E-state index in [0.29, 0.717) is 25.2 Å². The van der Waals surface area contributed by atoms with Gasteiger partial charge in [0.25, 0.3) is 17.0 Å². The highest BCUT2D eigenvalue weighted by atomic mass is 16.2. The van der Waals surface area contributed by atoms with Crippen LogP contribution < -0.4 is 11.1 Å². The van der Waals surface area contributed by atoms with Crippen LogP contribution in [0.2, 0.25) is 0 Å². The number of H-pyrrole nitrogens is 1. The summed E-state index contributed by atoms with van der Waals surface area (Å²) in [6.45, 7) is 0.929. The first-order valence-corrected chi connectivity index (χ1v) is 8.38. The van der Waals surface area contributed by atoms with Crippen LogP contribution in [0.1, 0.15) is 21.6 Å². The van der Waals surface area contributed by atoms with Gasteiger partial charge in [0.05, 0.1) is 5.69 Å². The summed E-state index contributed by atoms with van der Waals surface area (Å²) in [5, 5.41) is 2.90. The van der Waals surface area contributed by atoms with Gasteiger partial charge < -0.3 is 9.47 Å². The minimum Gasteiger partial charge on any atom is -0.333 e. The molecule has 0 saturated heterocycles. The fourth-order valence-electron chi connectivity index (χ4n) is 3.26. The molecule has 0 aliphatic carbocycles. The van der Waals surface area contributed by atoms with Crippen LogP contribution in [-0.4, -0.2) is 31.7 Å². The number of hydrogen-bond acceptors (Lipinski definition) is 3. The molecule has 0 atom stereocenters. The molecule has 0 bridgehead atoms. The molecule has 2 aromatic heterocycles. The highest BCUT2D eigenvalue weighted by molar-refractivity contribution is 5.92. The molecule has 26 heavy (non-hydrogen) atoms. The number of rotatable bonds is 2. The number of aromatic amines is 1. The van der Waals surface area contributed by atoms with Crippen LogP contribution in [0.3, 0.4) is 0 Å². The Balaban J connectivity index is 1.62. The maximum Gasteiger partial charge on any atom is 0.272 e. The smallest absolute Gasteiger partial charge is 0.272 e. The Morgan fingerprint density at radius 2 is 1.81 bits per heavy atom. The summed E-state index contributed by atoms with van der Waals surface area (Å²) in [6, 6.07) is 12.1. The van der Waals surface area contributed by atoms with E-state index in [1.807, 2.05) is 18.2 Å². The lowest BCUT2D eigenvalue weighted by Crippen LogP contribution is -2.37. The molecule has 132 valence electrons. The summed E-state index contributed by atoms with van der Waals surface area (Å²) in [5.41, 5.74) is 2.54. The largest absolute Gasteiger partial charge is 0.333 e. The molecule has 0 unspecified atom stereocenters. The predicted molar refractivity (Wildman–Crippen MR) is 96.5 cm³/mol.